The zero-order valence-electron chi connectivity index (χ0n) is 13.2. The number of rotatable bonds is 4. The van der Waals surface area contributed by atoms with Gasteiger partial charge < -0.3 is 5.32 Å². The van der Waals surface area contributed by atoms with E-state index in [4.69, 9.17) is 16.9 Å². The van der Waals surface area contributed by atoms with Crippen molar-refractivity contribution in [2.75, 3.05) is 18.4 Å². The Kier molecular flexibility index (Phi) is 5.14. The summed E-state index contributed by atoms with van der Waals surface area (Å²) >= 11 is 6.31. The van der Waals surface area contributed by atoms with E-state index in [0.717, 1.165) is 30.0 Å². The molecule has 1 unspecified atom stereocenters. The van der Waals surface area contributed by atoms with Gasteiger partial charge in [-0.3, -0.25) is 9.69 Å². The van der Waals surface area contributed by atoms with Crippen molar-refractivity contribution < 1.29 is 4.79 Å². The molecule has 1 saturated heterocycles. The average molecular weight is 340 g/mol. The highest BCUT2D eigenvalue weighted by Crippen LogP contribution is 2.35. The van der Waals surface area contributed by atoms with Crippen LogP contribution in [0.25, 0.3) is 0 Å². The largest absolute Gasteiger partial charge is 0.325 e. The van der Waals surface area contributed by atoms with Gasteiger partial charge in [0, 0.05) is 16.8 Å². The third-order valence-corrected chi connectivity index (χ3v) is 4.62. The number of nitrogens with zero attached hydrogens (tertiary/aromatic N) is 2. The smallest absolute Gasteiger partial charge is 0.238 e. The summed E-state index contributed by atoms with van der Waals surface area (Å²) in [6.45, 7) is 1.21. The molecule has 24 heavy (non-hydrogen) atoms. The molecule has 0 bridgehead atoms. The lowest BCUT2D eigenvalue weighted by molar-refractivity contribution is -0.117. The van der Waals surface area contributed by atoms with E-state index in [2.05, 4.69) is 16.3 Å². The molecule has 2 aromatic carbocycles. The maximum atomic E-state index is 12.3. The molecule has 0 spiro atoms. The second kappa shape index (κ2) is 7.48. The van der Waals surface area contributed by atoms with E-state index in [1.807, 2.05) is 24.3 Å². The minimum atomic E-state index is -0.0568. The summed E-state index contributed by atoms with van der Waals surface area (Å²) in [5.41, 5.74) is 2.36. The number of hydrogen-bond donors (Lipinski definition) is 1. The molecule has 1 heterocycles. The molecule has 4 nitrogen and oxygen atoms in total. The van der Waals surface area contributed by atoms with Crippen LogP contribution in [-0.2, 0) is 4.79 Å². The summed E-state index contributed by atoms with van der Waals surface area (Å²) in [6, 6.07) is 16.9. The highest BCUT2D eigenvalue weighted by atomic mass is 35.5. The average Bonchev–Trinajstić information content (AvgIpc) is 3.03. The molecule has 5 heteroatoms. The Morgan fingerprint density at radius 2 is 2.00 bits per heavy atom. The van der Waals surface area contributed by atoms with Gasteiger partial charge in [-0.1, -0.05) is 29.8 Å². The van der Waals surface area contributed by atoms with Crippen molar-refractivity contribution in [3.05, 3.63) is 64.7 Å². The molecule has 1 N–H and O–H groups in total. The Labute approximate surface area is 146 Å². The van der Waals surface area contributed by atoms with Crippen LogP contribution >= 0.6 is 11.6 Å². The molecule has 2 aromatic rings. The minimum Gasteiger partial charge on any atom is -0.325 e. The first-order valence-electron chi connectivity index (χ1n) is 7.96. The summed E-state index contributed by atoms with van der Waals surface area (Å²) in [4.78, 5) is 14.5. The fourth-order valence-corrected chi connectivity index (χ4v) is 3.39. The molecule has 1 aliphatic heterocycles. The fraction of sp³-hybridized carbons (Fsp3) is 0.263. The molecule has 0 saturated carbocycles. The predicted octanol–water partition coefficient (Wildman–Crippen LogP) is 3.99. The Morgan fingerprint density at radius 3 is 2.71 bits per heavy atom. The quantitative estimate of drug-likeness (QED) is 0.916. The van der Waals surface area contributed by atoms with E-state index in [1.54, 1.807) is 24.3 Å². The SMILES string of the molecule is N#Cc1ccc(NC(=O)CN2CCCC2c2ccccc2Cl)cc1. The number of nitriles is 1. The Balaban J connectivity index is 1.65. The van der Waals surface area contributed by atoms with Gasteiger partial charge in [0.25, 0.3) is 0 Å². The molecule has 122 valence electrons. The number of hydrogen-bond acceptors (Lipinski definition) is 3. The molecule has 1 atom stereocenters. The number of carbonyl (C=O) groups excluding carboxylic acids is 1. The number of halogens is 1. The molecule has 0 radical (unpaired) electrons. The first-order chi connectivity index (χ1) is 11.7. The Bertz CT molecular complexity index is 767. The van der Waals surface area contributed by atoms with Crippen LogP contribution in [0.15, 0.2) is 48.5 Å². The van der Waals surface area contributed by atoms with Gasteiger partial charge in [0.05, 0.1) is 18.2 Å². The maximum Gasteiger partial charge on any atom is 0.238 e. The van der Waals surface area contributed by atoms with E-state index >= 15 is 0 Å². The second-order valence-electron chi connectivity index (χ2n) is 5.89. The van der Waals surface area contributed by atoms with Gasteiger partial charge in [-0.15, -0.1) is 0 Å². The number of nitrogens with one attached hydrogen (secondary N) is 1. The lowest BCUT2D eigenvalue weighted by Crippen LogP contribution is -2.33. The van der Waals surface area contributed by atoms with Crippen LogP contribution in [0.1, 0.15) is 30.0 Å². The third kappa shape index (κ3) is 3.76. The van der Waals surface area contributed by atoms with Crippen molar-refractivity contribution in [2.45, 2.75) is 18.9 Å². The van der Waals surface area contributed by atoms with E-state index in [-0.39, 0.29) is 11.9 Å². The molecule has 3 rings (SSSR count). The van der Waals surface area contributed by atoms with E-state index < -0.39 is 0 Å². The molecular weight excluding hydrogens is 322 g/mol. The molecule has 1 fully saturated rings. The first kappa shape index (κ1) is 16.5. The van der Waals surface area contributed by atoms with Crippen LogP contribution in [0.3, 0.4) is 0 Å². The van der Waals surface area contributed by atoms with Gasteiger partial charge in [0.15, 0.2) is 0 Å². The number of benzene rings is 2. The first-order valence-corrected chi connectivity index (χ1v) is 8.33. The number of carbonyl (C=O) groups is 1. The summed E-state index contributed by atoms with van der Waals surface area (Å²) in [6.07, 6.45) is 2.06. The van der Waals surface area contributed by atoms with Crippen LogP contribution in [0.5, 0.6) is 0 Å². The molecule has 0 aliphatic carbocycles. The van der Waals surface area contributed by atoms with Crippen LogP contribution in [0.4, 0.5) is 5.69 Å². The van der Waals surface area contributed by atoms with Crippen molar-refractivity contribution in [3.63, 3.8) is 0 Å². The van der Waals surface area contributed by atoms with Crippen LogP contribution in [-0.4, -0.2) is 23.9 Å². The van der Waals surface area contributed by atoms with Crippen molar-refractivity contribution in [1.29, 1.82) is 5.26 Å². The Morgan fingerprint density at radius 1 is 1.25 bits per heavy atom. The van der Waals surface area contributed by atoms with Crippen molar-refractivity contribution in [3.8, 4) is 6.07 Å². The summed E-state index contributed by atoms with van der Waals surface area (Å²) in [7, 11) is 0. The van der Waals surface area contributed by atoms with E-state index in [9.17, 15) is 4.79 Å². The van der Waals surface area contributed by atoms with Gasteiger partial charge in [-0.2, -0.15) is 5.26 Å². The lowest BCUT2D eigenvalue weighted by atomic mass is 10.0. The topological polar surface area (TPSA) is 56.1 Å². The van der Waals surface area contributed by atoms with Gasteiger partial charge in [-0.25, -0.2) is 0 Å². The third-order valence-electron chi connectivity index (χ3n) is 4.27. The van der Waals surface area contributed by atoms with Crippen LogP contribution < -0.4 is 5.32 Å². The van der Waals surface area contributed by atoms with Crippen LogP contribution in [0.2, 0.25) is 5.02 Å². The van der Waals surface area contributed by atoms with Gasteiger partial charge in [-0.05, 0) is 55.3 Å². The lowest BCUT2D eigenvalue weighted by Gasteiger charge is -2.25. The summed E-state index contributed by atoms with van der Waals surface area (Å²) in [5, 5.41) is 12.4. The van der Waals surface area contributed by atoms with Crippen molar-refractivity contribution in [1.82, 2.24) is 4.90 Å². The summed E-state index contributed by atoms with van der Waals surface area (Å²) < 4.78 is 0. The minimum absolute atomic E-state index is 0.0568. The maximum absolute atomic E-state index is 12.3. The summed E-state index contributed by atoms with van der Waals surface area (Å²) in [5.74, 6) is -0.0568. The predicted molar refractivity (Wildman–Crippen MR) is 94.8 cm³/mol. The molecule has 1 amide bonds. The Hall–Kier alpha value is -2.35. The highest BCUT2D eigenvalue weighted by molar-refractivity contribution is 6.31. The normalized spacial score (nSPS) is 17.4. The monoisotopic (exact) mass is 339 g/mol. The van der Waals surface area contributed by atoms with Crippen LogP contribution in [0, 0.1) is 11.3 Å². The van der Waals surface area contributed by atoms with Gasteiger partial charge in [0.2, 0.25) is 5.91 Å². The molecule has 0 aromatic heterocycles. The van der Waals surface area contributed by atoms with Crippen molar-refractivity contribution >= 4 is 23.2 Å². The second-order valence-corrected chi connectivity index (χ2v) is 6.29. The standard InChI is InChI=1S/C19H18ClN3O/c20-17-5-2-1-4-16(17)18-6-3-11-23(18)13-19(24)22-15-9-7-14(12-21)8-10-15/h1-2,4-5,7-10,18H,3,6,11,13H2,(H,22,24). The van der Waals surface area contributed by atoms with E-state index in [1.165, 1.54) is 0 Å². The highest BCUT2D eigenvalue weighted by Gasteiger charge is 2.28. The zero-order chi connectivity index (χ0) is 16.9. The van der Waals surface area contributed by atoms with Crippen molar-refractivity contribution in [2.24, 2.45) is 0 Å². The van der Waals surface area contributed by atoms with Gasteiger partial charge in [0.1, 0.15) is 0 Å². The number of amides is 1. The van der Waals surface area contributed by atoms with E-state index in [0.29, 0.717) is 17.8 Å². The molecular formula is C19H18ClN3O. The fourth-order valence-electron chi connectivity index (χ4n) is 3.13. The van der Waals surface area contributed by atoms with Gasteiger partial charge >= 0.3 is 0 Å². The zero-order valence-corrected chi connectivity index (χ0v) is 14.0. The molecule has 1 aliphatic rings. The number of anilines is 1. The number of likely N-dealkylation sites (tertiary alicyclic amines) is 1.